The summed E-state index contributed by atoms with van der Waals surface area (Å²) >= 11 is 0. The van der Waals surface area contributed by atoms with Gasteiger partial charge in [0.2, 0.25) is 5.91 Å². The van der Waals surface area contributed by atoms with Gasteiger partial charge in [-0.3, -0.25) is 9.69 Å². The van der Waals surface area contributed by atoms with Crippen LogP contribution in [0.4, 0.5) is 13.2 Å². The molecule has 1 aliphatic rings. The maximum absolute atomic E-state index is 12.6. The second-order valence-electron chi connectivity index (χ2n) is 7.91. The molecular weight excluding hydrogens is 365 g/mol. The summed E-state index contributed by atoms with van der Waals surface area (Å²) in [6.45, 7) is 7.34. The predicted octanol–water partition coefficient (Wildman–Crippen LogP) is 5.25. The van der Waals surface area contributed by atoms with Gasteiger partial charge in [-0.05, 0) is 56.0 Å². The standard InChI is InChI=1S/C22H33F3N2O/c1-3-5-6-17(4-2)15-26-21(28)19-11-13-27(14-12-19)16-18-7-9-20(10-8-18)22(23,24)25/h7-10,17,19H,3-6,11-16H2,1-2H3,(H,26,28). The number of piperidine rings is 1. The summed E-state index contributed by atoms with van der Waals surface area (Å²) < 4.78 is 37.9. The first kappa shape index (κ1) is 22.7. The lowest BCUT2D eigenvalue weighted by molar-refractivity contribution is -0.137. The van der Waals surface area contributed by atoms with Crippen molar-refractivity contribution in [3.8, 4) is 0 Å². The fraction of sp³-hybridized carbons (Fsp3) is 0.682. The largest absolute Gasteiger partial charge is 0.416 e. The molecule has 3 nitrogen and oxygen atoms in total. The molecule has 1 aromatic rings. The SMILES string of the molecule is CCCCC(CC)CNC(=O)C1CCN(Cc2ccc(C(F)(F)F)cc2)CC1. The summed E-state index contributed by atoms with van der Waals surface area (Å²) in [4.78, 5) is 14.7. The highest BCUT2D eigenvalue weighted by molar-refractivity contribution is 5.78. The average molecular weight is 399 g/mol. The van der Waals surface area contributed by atoms with E-state index >= 15 is 0 Å². The number of carbonyl (C=O) groups is 1. The smallest absolute Gasteiger partial charge is 0.356 e. The summed E-state index contributed by atoms with van der Waals surface area (Å²) in [5.41, 5.74) is 0.258. The van der Waals surface area contributed by atoms with Crippen LogP contribution in [0.5, 0.6) is 0 Å². The van der Waals surface area contributed by atoms with Crippen molar-refractivity contribution >= 4 is 5.91 Å². The summed E-state index contributed by atoms with van der Waals surface area (Å²) in [7, 11) is 0. The first-order valence-electron chi connectivity index (χ1n) is 10.5. The lowest BCUT2D eigenvalue weighted by Crippen LogP contribution is -2.41. The van der Waals surface area contributed by atoms with Gasteiger partial charge in [0.15, 0.2) is 0 Å². The zero-order chi connectivity index (χ0) is 20.6. The summed E-state index contributed by atoms with van der Waals surface area (Å²) in [5.74, 6) is 0.764. The van der Waals surface area contributed by atoms with E-state index in [2.05, 4.69) is 24.1 Å². The van der Waals surface area contributed by atoms with Crippen LogP contribution in [-0.2, 0) is 17.5 Å². The number of nitrogens with zero attached hydrogens (tertiary/aromatic N) is 1. The molecule has 1 N–H and O–H groups in total. The number of likely N-dealkylation sites (tertiary alicyclic amines) is 1. The van der Waals surface area contributed by atoms with E-state index in [1.807, 2.05) is 0 Å². The van der Waals surface area contributed by atoms with E-state index in [1.165, 1.54) is 19.3 Å². The van der Waals surface area contributed by atoms with Crippen LogP contribution < -0.4 is 5.32 Å². The van der Waals surface area contributed by atoms with Crippen molar-refractivity contribution in [1.29, 1.82) is 0 Å². The van der Waals surface area contributed by atoms with Crippen molar-refractivity contribution < 1.29 is 18.0 Å². The van der Waals surface area contributed by atoms with Crippen LogP contribution in [0.1, 0.15) is 63.5 Å². The monoisotopic (exact) mass is 398 g/mol. The average Bonchev–Trinajstić information content (AvgIpc) is 2.68. The minimum absolute atomic E-state index is 0.0486. The molecule has 1 fully saturated rings. The molecule has 1 aliphatic heterocycles. The Labute approximate surface area is 166 Å². The van der Waals surface area contributed by atoms with Gasteiger partial charge in [-0.1, -0.05) is 45.2 Å². The van der Waals surface area contributed by atoms with Gasteiger partial charge in [0.25, 0.3) is 0 Å². The molecule has 1 heterocycles. The molecule has 1 aromatic carbocycles. The number of hydrogen-bond donors (Lipinski definition) is 1. The van der Waals surface area contributed by atoms with Crippen molar-refractivity contribution in [2.24, 2.45) is 11.8 Å². The summed E-state index contributed by atoms with van der Waals surface area (Å²) in [5, 5.41) is 3.13. The maximum Gasteiger partial charge on any atom is 0.416 e. The maximum atomic E-state index is 12.6. The topological polar surface area (TPSA) is 32.3 Å². The second kappa shape index (κ2) is 10.8. The number of nitrogens with one attached hydrogen (secondary N) is 1. The van der Waals surface area contributed by atoms with E-state index in [9.17, 15) is 18.0 Å². The van der Waals surface area contributed by atoms with E-state index in [1.54, 1.807) is 12.1 Å². The normalized spacial score (nSPS) is 17.5. The first-order chi connectivity index (χ1) is 13.3. The van der Waals surface area contributed by atoms with Crippen molar-refractivity contribution in [2.75, 3.05) is 19.6 Å². The van der Waals surface area contributed by atoms with Crippen LogP contribution in [-0.4, -0.2) is 30.4 Å². The number of carbonyl (C=O) groups excluding carboxylic acids is 1. The molecule has 0 saturated carbocycles. The summed E-state index contributed by atoms with van der Waals surface area (Å²) in [6.07, 6.45) is 1.96. The van der Waals surface area contributed by atoms with Crippen LogP contribution in [0.3, 0.4) is 0 Å². The quantitative estimate of drug-likeness (QED) is 0.616. The molecule has 28 heavy (non-hydrogen) atoms. The van der Waals surface area contributed by atoms with Gasteiger partial charge in [-0.15, -0.1) is 0 Å². The number of unbranched alkanes of at least 4 members (excludes halogenated alkanes) is 1. The molecular formula is C22H33F3N2O. The van der Waals surface area contributed by atoms with Crippen LogP contribution in [0.15, 0.2) is 24.3 Å². The number of alkyl halides is 3. The molecule has 0 radical (unpaired) electrons. The highest BCUT2D eigenvalue weighted by Gasteiger charge is 2.30. The molecule has 1 unspecified atom stereocenters. The van der Waals surface area contributed by atoms with E-state index in [4.69, 9.17) is 0 Å². The summed E-state index contributed by atoms with van der Waals surface area (Å²) in [6, 6.07) is 5.36. The molecule has 0 aromatic heterocycles. The molecule has 0 aliphatic carbocycles. The molecule has 0 spiro atoms. The van der Waals surface area contributed by atoms with E-state index in [0.29, 0.717) is 12.5 Å². The molecule has 1 atom stereocenters. The number of rotatable bonds is 9. The fourth-order valence-corrected chi connectivity index (χ4v) is 3.74. The van der Waals surface area contributed by atoms with Crippen molar-refractivity contribution in [3.05, 3.63) is 35.4 Å². The van der Waals surface area contributed by atoms with Crippen LogP contribution in [0.2, 0.25) is 0 Å². The lowest BCUT2D eigenvalue weighted by Gasteiger charge is -2.31. The third-order valence-electron chi connectivity index (χ3n) is 5.75. The van der Waals surface area contributed by atoms with Gasteiger partial charge in [0.1, 0.15) is 0 Å². The van der Waals surface area contributed by atoms with Crippen LogP contribution >= 0.6 is 0 Å². The Hall–Kier alpha value is -1.56. The Morgan fingerprint density at radius 3 is 2.36 bits per heavy atom. The van der Waals surface area contributed by atoms with E-state index in [0.717, 1.165) is 56.6 Å². The third kappa shape index (κ3) is 7.12. The van der Waals surface area contributed by atoms with E-state index < -0.39 is 11.7 Å². The zero-order valence-electron chi connectivity index (χ0n) is 17.0. The molecule has 2 rings (SSSR count). The lowest BCUT2D eigenvalue weighted by atomic mass is 9.94. The van der Waals surface area contributed by atoms with Gasteiger partial charge in [0, 0.05) is 19.0 Å². The van der Waals surface area contributed by atoms with E-state index in [-0.39, 0.29) is 11.8 Å². The highest BCUT2D eigenvalue weighted by Crippen LogP contribution is 2.29. The minimum Gasteiger partial charge on any atom is -0.356 e. The minimum atomic E-state index is -4.29. The molecule has 0 bridgehead atoms. The number of amides is 1. The highest BCUT2D eigenvalue weighted by atomic mass is 19.4. The van der Waals surface area contributed by atoms with Gasteiger partial charge in [0.05, 0.1) is 5.56 Å². The first-order valence-corrected chi connectivity index (χ1v) is 10.5. The Balaban J connectivity index is 1.74. The fourth-order valence-electron chi connectivity index (χ4n) is 3.74. The Kier molecular flexibility index (Phi) is 8.80. The van der Waals surface area contributed by atoms with Crippen LogP contribution in [0.25, 0.3) is 0 Å². The Bertz CT molecular complexity index is 593. The number of halogens is 3. The van der Waals surface area contributed by atoms with Gasteiger partial charge in [-0.2, -0.15) is 13.2 Å². The van der Waals surface area contributed by atoms with Gasteiger partial charge < -0.3 is 5.32 Å². The molecule has 1 saturated heterocycles. The Morgan fingerprint density at radius 2 is 1.82 bits per heavy atom. The van der Waals surface area contributed by atoms with Gasteiger partial charge >= 0.3 is 6.18 Å². The molecule has 158 valence electrons. The zero-order valence-corrected chi connectivity index (χ0v) is 17.0. The Morgan fingerprint density at radius 1 is 1.18 bits per heavy atom. The molecule has 1 amide bonds. The second-order valence-corrected chi connectivity index (χ2v) is 7.91. The number of hydrogen-bond acceptors (Lipinski definition) is 2. The van der Waals surface area contributed by atoms with Crippen molar-refractivity contribution in [3.63, 3.8) is 0 Å². The predicted molar refractivity (Wildman–Crippen MR) is 106 cm³/mol. The van der Waals surface area contributed by atoms with Crippen molar-refractivity contribution in [2.45, 2.75) is 65.1 Å². The number of benzene rings is 1. The van der Waals surface area contributed by atoms with Crippen LogP contribution in [0, 0.1) is 11.8 Å². The molecule has 6 heteroatoms. The van der Waals surface area contributed by atoms with Gasteiger partial charge in [-0.25, -0.2) is 0 Å². The van der Waals surface area contributed by atoms with Crippen molar-refractivity contribution in [1.82, 2.24) is 10.2 Å². The third-order valence-corrected chi connectivity index (χ3v) is 5.75.